The van der Waals surface area contributed by atoms with Crippen molar-refractivity contribution in [3.05, 3.63) is 179 Å². The molecule has 1 aliphatic heterocycles. The molecule has 1 aliphatic rings. The number of ether oxygens (including phenoxy) is 5. The van der Waals surface area contributed by atoms with Crippen LogP contribution in [0.15, 0.2) is 152 Å². The normalized spacial score (nSPS) is 17.0. The summed E-state index contributed by atoms with van der Waals surface area (Å²) in [5.74, 6) is -0.378. The van der Waals surface area contributed by atoms with Crippen LogP contribution in [0.25, 0.3) is 0 Å². The molecule has 1 amide bonds. The van der Waals surface area contributed by atoms with Gasteiger partial charge in [-0.15, -0.1) is 0 Å². The van der Waals surface area contributed by atoms with E-state index in [0.717, 1.165) is 27.8 Å². The van der Waals surface area contributed by atoms with Crippen LogP contribution in [0.2, 0.25) is 0 Å². The fourth-order valence-corrected chi connectivity index (χ4v) is 6.78. The first-order valence-electron chi connectivity index (χ1n) is 18.8. The molecule has 5 aromatic carbocycles. The molecule has 0 bridgehead atoms. The van der Waals surface area contributed by atoms with Crippen LogP contribution >= 0.6 is 0 Å². The van der Waals surface area contributed by atoms with E-state index in [4.69, 9.17) is 23.7 Å². The van der Waals surface area contributed by atoms with Gasteiger partial charge in [-0.2, -0.15) is 0 Å². The Morgan fingerprint density at radius 3 is 1.51 bits per heavy atom. The van der Waals surface area contributed by atoms with Crippen molar-refractivity contribution in [2.75, 3.05) is 13.2 Å². The molecule has 10 nitrogen and oxygen atoms in total. The van der Waals surface area contributed by atoms with Crippen molar-refractivity contribution in [1.82, 2.24) is 4.90 Å². The second-order valence-electron chi connectivity index (χ2n) is 13.4. The molecule has 1 fully saturated rings. The summed E-state index contributed by atoms with van der Waals surface area (Å²) in [5, 5.41) is 21.0. The minimum Gasteiger partial charge on any atom is -0.388 e. The van der Waals surface area contributed by atoms with Crippen molar-refractivity contribution in [2.45, 2.75) is 69.9 Å². The smallest absolute Gasteiger partial charge is 0.151 e. The number of aldehydes is 1. The van der Waals surface area contributed by atoms with Gasteiger partial charge in [0.15, 0.2) is 6.29 Å². The molecule has 0 unspecified atom stereocenters. The van der Waals surface area contributed by atoms with E-state index in [1.54, 1.807) is 0 Å². The van der Waals surface area contributed by atoms with Gasteiger partial charge in [-0.25, -0.2) is 0 Å². The molecular weight excluding hydrogens is 789 g/mol. The zero-order valence-electron chi connectivity index (χ0n) is 31.8. The number of rotatable bonds is 19. The Bertz CT molecular complexity index is 1910. The van der Waals surface area contributed by atoms with E-state index in [1.165, 1.54) is 4.90 Å². The fourth-order valence-electron chi connectivity index (χ4n) is 6.02. The summed E-state index contributed by atoms with van der Waals surface area (Å²) >= 11 is 2.86. The Morgan fingerprint density at radius 2 is 1.05 bits per heavy atom. The van der Waals surface area contributed by atoms with Crippen LogP contribution in [0.1, 0.15) is 40.8 Å². The molecule has 5 aromatic rings. The average Bonchev–Trinajstić information content (AvgIpc) is 3.56. The first-order valence-corrected chi connectivity index (χ1v) is 19.6. The first-order chi connectivity index (χ1) is 27.8. The van der Waals surface area contributed by atoms with Crippen LogP contribution in [0.5, 0.6) is 0 Å². The van der Waals surface area contributed by atoms with Crippen LogP contribution < -0.4 is 0 Å². The number of carbonyl (C=O) groups is 2. The monoisotopic (exact) mass is 839 g/mol. The Balaban J connectivity index is 0.000000242. The molecule has 2 N–H and O–H groups in total. The SMILES string of the molecule is C[C@H]1[C@@H](c2ccccc2)OC(=[Se])N1C(=O)[C@H](OCc1ccccc1)[C@H](O)COCc1ccccc1.O=C[C@H](OCc1ccccc1)[C@H](O)COCc1ccccc1. The molecule has 0 saturated carbocycles. The number of amides is 1. The van der Waals surface area contributed by atoms with E-state index < -0.39 is 24.4 Å². The third kappa shape index (κ3) is 13.7. The zero-order chi connectivity index (χ0) is 40.2. The van der Waals surface area contributed by atoms with Crippen LogP contribution in [0.4, 0.5) is 0 Å². The third-order valence-electron chi connectivity index (χ3n) is 9.10. The Kier molecular flexibility index (Phi) is 17.8. The predicted octanol–water partition coefficient (Wildman–Crippen LogP) is 5.74. The predicted molar refractivity (Wildman–Crippen MR) is 218 cm³/mol. The largest absolute Gasteiger partial charge is 0.388 e. The number of nitrogens with zero attached hydrogens (tertiary/aromatic N) is 1. The van der Waals surface area contributed by atoms with Gasteiger partial charge in [-0.05, 0) is 11.1 Å². The average molecular weight is 839 g/mol. The molecule has 57 heavy (non-hydrogen) atoms. The van der Waals surface area contributed by atoms with Gasteiger partial charge in [-0.1, -0.05) is 60.7 Å². The molecule has 0 spiro atoms. The summed E-state index contributed by atoms with van der Waals surface area (Å²) in [4.78, 5) is 26.3. The second kappa shape index (κ2) is 23.4. The number of hydrogen-bond donors (Lipinski definition) is 2. The minimum atomic E-state index is -1.16. The molecule has 298 valence electrons. The van der Waals surface area contributed by atoms with Gasteiger partial charge in [0, 0.05) is 0 Å². The summed E-state index contributed by atoms with van der Waals surface area (Å²) in [5.41, 5.74) is 4.83. The maximum atomic E-state index is 13.7. The van der Waals surface area contributed by atoms with Crippen LogP contribution in [0, 0.1) is 0 Å². The zero-order valence-corrected chi connectivity index (χ0v) is 33.5. The van der Waals surface area contributed by atoms with Crippen molar-refractivity contribution < 1.29 is 43.5 Å². The fraction of sp³-hybridized carbons (Fsp3) is 0.283. The van der Waals surface area contributed by atoms with Crippen molar-refractivity contribution in [1.29, 1.82) is 0 Å². The number of aliphatic hydroxyl groups excluding tert-OH is 2. The molecular formula is C46H49NO9Se. The van der Waals surface area contributed by atoms with E-state index >= 15 is 0 Å². The van der Waals surface area contributed by atoms with Crippen molar-refractivity contribution >= 4 is 32.5 Å². The summed E-state index contributed by atoms with van der Waals surface area (Å²) in [6.07, 6.45) is -3.88. The molecule has 0 aromatic heterocycles. The van der Waals surface area contributed by atoms with Crippen LogP contribution in [-0.4, -0.2) is 91.3 Å². The van der Waals surface area contributed by atoms with Crippen LogP contribution in [0.3, 0.4) is 0 Å². The van der Waals surface area contributed by atoms with Gasteiger partial charge >= 0.3 is 214 Å². The number of carbonyl (C=O) groups excluding carboxylic acids is 2. The Hall–Kier alpha value is -4.81. The quantitative estimate of drug-likeness (QED) is 0.0792. The Labute approximate surface area is 342 Å². The minimum absolute atomic E-state index is 0.0476. The summed E-state index contributed by atoms with van der Waals surface area (Å²) in [7, 11) is 0. The van der Waals surface area contributed by atoms with Crippen molar-refractivity contribution in [3.8, 4) is 0 Å². The molecule has 1 heterocycles. The van der Waals surface area contributed by atoms with Crippen molar-refractivity contribution in [2.24, 2.45) is 0 Å². The van der Waals surface area contributed by atoms with Gasteiger partial charge in [0.25, 0.3) is 0 Å². The molecule has 6 rings (SSSR count). The van der Waals surface area contributed by atoms with E-state index in [2.05, 4.69) is 15.6 Å². The van der Waals surface area contributed by atoms with Crippen molar-refractivity contribution in [3.63, 3.8) is 0 Å². The second-order valence-corrected chi connectivity index (χ2v) is 14.1. The first kappa shape index (κ1) is 43.3. The molecule has 6 atom stereocenters. The summed E-state index contributed by atoms with van der Waals surface area (Å²) in [6, 6.07) is 47.9. The standard InChI is InChI=1S/C28H29NO5Se.C18H20O4/c1-20-25(23-15-9-4-10-16-23)34-28(35)29(20)27(31)26(33-18-22-13-7-3-8-14-22)24(30)19-32-17-21-11-5-2-6-12-21;19-11-18(22-13-16-9-5-2-6-10-16)17(20)14-21-12-15-7-3-1-4-8-15/h2-16,20,24-26,30H,17-19H2,1H3;1-11,17-18,20H,12-14H2/t20-,24+,25-,26+;17-,18+/m01/s1. The van der Waals surface area contributed by atoms with Gasteiger partial charge < -0.3 is 19.4 Å². The molecule has 11 heteroatoms. The van der Waals surface area contributed by atoms with Gasteiger partial charge in [-0.3, -0.25) is 0 Å². The Morgan fingerprint density at radius 1 is 0.649 bits per heavy atom. The van der Waals surface area contributed by atoms with Crippen LogP contribution in [-0.2, 0) is 59.7 Å². The van der Waals surface area contributed by atoms with Gasteiger partial charge in [0.2, 0.25) is 0 Å². The molecule has 0 radical (unpaired) electrons. The number of benzene rings is 5. The third-order valence-corrected chi connectivity index (χ3v) is 9.71. The van der Waals surface area contributed by atoms with E-state index in [1.807, 2.05) is 159 Å². The topological polar surface area (TPSA) is 124 Å². The molecule has 1 saturated heterocycles. The van der Waals surface area contributed by atoms with Gasteiger partial charge in [0.05, 0.1) is 19.8 Å². The summed E-state index contributed by atoms with van der Waals surface area (Å²) < 4.78 is 29.0. The number of aliphatic hydroxyl groups is 2. The van der Waals surface area contributed by atoms with E-state index in [9.17, 15) is 19.8 Å². The van der Waals surface area contributed by atoms with E-state index in [0.29, 0.717) is 24.2 Å². The molecule has 0 aliphatic carbocycles. The number of hydrogen-bond acceptors (Lipinski definition) is 9. The maximum Gasteiger partial charge on any atom is 0.151 e. The van der Waals surface area contributed by atoms with E-state index in [-0.39, 0.29) is 44.5 Å². The van der Waals surface area contributed by atoms with Gasteiger partial charge in [0.1, 0.15) is 12.2 Å². The summed E-state index contributed by atoms with van der Waals surface area (Å²) in [6.45, 7) is 3.10. The maximum absolute atomic E-state index is 13.7.